The number of rotatable bonds is 5. The fourth-order valence-corrected chi connectivity index (χ4v) is 2.08. The van der Waals surface area contributed by atoms with Gasteiger partial charge in [0.05, 0.1) is 0 Å². The molecule has 3 nitrogen and oxygen atoms in total. The van der Waals surface area contributed by atoms with Gasteiger partial charge in [-0.3, -0.25) is 4.79 Å². The van der Waals surface area contributed by atoms with Gasteiger partial charge in [0.15, 0.2) is 5.78 Å². The number of ketones is 1. The van der Waals surface area contributed by atoms with E-state index in [1.165, 1.54) is 12.8 Å². The number of nitrogens with two attached hydrogens (primary N) is 1. The van der Waals surface area contributed by atoms with Crippen LogP contribution in [0.25, 0.3) is 0 Å². The van der Waals surface area contributed by atoms with Gasteiger partial charge in [-0.1, -0.05) is 0 Å². The number of nitrogens with zero attached hydrogens (tertiary/aromatic N) is 1. The quantitative estimate of drug-likeness (QED) is 0.627. The van der Waals surface area contributed by atoms with E-state index in [4.69, 9.17) is 5.73 Å². The standard InChI is InChI=1S/C14H20N2O/c1-3-16(9-11-4-5-11)12-6-7-14(15)13(8-12)10(2)17/h6-8,11H,3-5,9,15H2,1-2H3. The van der Waals surface area contributed by atoms with Crippen molar-refractivity contribution >= 4 is 17.2 Å². The first-order valence-electron chi connectivity index (χ1n) is 6.27. The lowest BCUT2D eigenvalue weighted by Crippen LogP contribution is -2.25. The smallest absolute Gasteiger partial charge is 0.161 e. The number of carbonyl (C=O) groups is 1. The summed E-state index contributed by atoms with van der Waals surface area (Å²) in [7, 11) is 0. The number of Topliss-reactive ketones (excluding diaryl/α,β-unsaturated/α-hetero) is 1. The maximum Gasteiger partial charge on any atom is 0.161 e. The predicted molar refractivity (Wildman–Crippen MR) is 71.5 cm³/mol. The van der Waals surface area contributed by atoms with Crippen LogP contribution in [0.1, 0.15) is 37.0 Å². The van der Waals surface area contributed by atoms with Crippen LogP contribution in [0.2, 0.25) is 0 Å². The highest BCUT2D eigenvalue weighted by atomic mass is 16.1. The molecule has 2 rings (SSSR count). The molecular formula is C14H20N2O. The molecule has 3 heteroatoms. The molecule has 0 aromatic heterocycles. The predicted octanol–water partition coefficient (Wildman–Crippen LogP) is 2.71. The molecule has 1 aromatic rings. The number of carbonyl (C=O) groups excluding carboxylic acids is 1. The Morgan fingerprint density at radius 1 is 1.47 bits per heavy atom. The summed E-state index contributed by atoms with van der Waals surface area (Å²) in [4.78, 5) is 13.8. The minimum absolute atomic E-state index is 0.0341. The van der Waals surface area contributed by atoms with E-state index in [2.05, 4.69) is 11.8 Å². The molecule has 1 aliphatic carbocycles. The molecule has 0 amide bonds. The summed E-state index contributed by atoms with van der Waals surface area (Å²) < 4.78 is 0. The maximum atomic E-state index is 11.5. The molecule has 2 N–H and O–H groups in total. The monoisotopic (exact) mass is 232 g/mol. The highest BCUT2D eigenvalue weighted by Crippen LogP contribution is 2.32. The van der Waals surface area contributed by atoms with Gasteiger partial charge < -0.3 is 10.6 Å². The van der Waals surface area contributed by atoms with Crippen molar-refractivity contribution in [2.45, 2.75) is 26.7 Å². The van der Waals surface area contributed by atoms with E-state index in [0.29, 0.717) is 11.3 Å². The van der Waals surface area contributed by atoms with Crippen molar-refractivity contribution in [3.8, 4) is 0 Å². The third kappa shape index (κ3) is 2.78. The van der Waals surface area contributed by atoms with Gasteiger partial charge in [0, 0.05) is 30.0 Å². The molecule has 1 fully saturated rings. The second kappa shape index (κ2) is 4.78. The van der Waals surface area contributed by atoms with E-state index in [0.717, 1.165) is 24.7 Å². The molecule has 0 radical (unpaired) electrons. The Bertz CT molecular complexity index is 424. The summed E-state index contributed by atoms with van der Waals surface area (Å²) in [5.41, 5.74) is 8.12. The Morgan fingerprint density at radius 3 is 2.71 bits per heavy atom. The molecule has 1 aliphatic rings. The number of nitrogen functional groups attached to an aromatic ring is 1. The van der Waals surface area contributed by atoms with Gasteiger partial charge in [0.1, 0.15) is 0 Å². The minimum Gasteiger partial charge on any atom is -0.398 e. The summed E-state index contributed by atoms with van der Waals surface area (Å²) in [6.45, 7) is 5.77. The number of hydrogen-bond donors (Lipinski definition) is 1. The zero-order valence-electron chi connectivity index (χ0n) is 10.6. The summed E-state index contributed by atoms with van der Waals surface area (Å²) in [5, 5.41) is 0. The fourth-order valence-electron chi connectivity index (χ4n) is 2.08. The summed E-state index contributed by atoms with van der Waals surface area (Å²) in [6, 6.07) is 5.76. The average molecular weight is 232 g/mol. The van der Waals surface area contributed by atoms with E-state index in [1.54, 1.807) is 6.92 Å². The fraction of sp³-hybridized carbons (Fsp3) is 0.500. The SMILES string of the molecule is CCN(CC1CC1)c1ccc(N)c(C(C)=O)c1. The van der Waals surface area contributed by atoms with Gasteiger partial charge in [0.2, 0.25) is 0 Å². The third-order valence-corrected chi connectivity index (χ3v) is 3.34. The van der Waals surface area contributed by atoms with Crippen LogP contribution in [-0.4, -0.2) is 18.9 Å². The Hall–Kier alpha value is -1.51. The second-order valence-corrected chi connectivity index (χ2v) is 4.81. The van der Waals surface area contributed by atoms with Crippen LogP contribution in [0.15, 0.2) is 18.2 Å². The molecular weight excluding hydrogens is 212 g/mol. The normalized spacial score (nSPS) is 14.7. The van der Waals surface area contributed by atoms with E-state index in [9.17, 15) is 4.79 Å². The van der Waals surface area contributed by atoms with E-state index >= 15 is 0 Å². The van der Waals surface area contributed by atoms with Crippen molar-refractivity contribution in [2.75, 3.05) is 23.7 Å². The van der Waals surface area contributed by atoms with E-state index in [1.807, 2.05) is 18.2 Å². The first kappa shape index (κ1) is 12.0. The van der Waals surface area contributed by atoms with E-state index < -0.39 is 0 Å². The zero-order valence-corrected chi connectivity index (χ0v) is 10.6. The molecule has 0 saturated heterocycles. The third-order valence-electron chi connectivity index (χ3n) is 3.34. The Labute approximate surface area is 103 Å². The summed E-state index contributed by atoms with van der Waals surface area (Å²) >= 11 is 0. The molecule has 0 aliphatic heterocycles. The molecule has 0 spiro atoms. The Kier molecular flexibility index (Phi) is 3.36. The highest BCUT2D eigenvalue weighted by Gasteiger charge is 2.24. The van der Waals surface area contributed by atoms with Crippen LogP contribution in [-0.2, 0) is 0 Å². The van der Waals surface area contributed by atoms with Gasteiger partial charge >= 0.3 is 0 Å². The zero-order chi connectivity index (χ0) is 12.4. The van der Waals surface area contributed by atoms with Crippen LogP contribution in [0.3, 0.4) is 0 Å². The largest absolute Gasteiger partial charge is 0.398 e. The van der Waals surface area contributed by atoms with Crippen LogP contribution < -0.4 is 10.6 Å². The minimum atomic E-state index is 0.0341. The van der Waals surface area contributed by atoms with Crippen molar-refractivity contribution in [3.63, 3.8) is 0 Å². The van der Waals surface area contributed by atoms with Gasteiger partial charge in [-0.25, -0.2) is 0 Å². The molecule has 0 heterocycles. The summed E-state index contributed by atoms with van der Waals surface area (Å²) in [5.74, 6) is 0.875. The van der Waals surface area contributed by atoms with Crippen LogP contribution >= 0.6 is 0 Å². The maximum absolute atomic E-state index is 11.5. The van der Waals surface area contributed by atoms with Gasteiger partial charge in [-0.05, 0) is 50.8 Å². The molecule has 17 heavy (non-hydrogen) atoms. The first-order valence-corrected chi connectivity index (χ1v) is 6.27. The molecule has 1 saturated carbocycles. The van der Waals surface area contributed by atoms with E-state index in [-0.39, 0.29) is 5.78 Å². The lowest BCUT2D eigenvalue weighted by atomic mass is 10.1. The molecule has 92 valence electrons. The topological polar surface area (TPSA) is 46.3 Å². The molecule has 0 atom stereocenters. The molecule has 0 unspecified atom stereocenters. The van der Waals surface area contributed by atoms with Crippen molar-refractivity contribution in [3.05, 3.63) is 23.8 Å². The van der Waals surface area contributed by atoms with Crippen molar-refractivity contribution in [2.24, 2.45) is 5.92 Å². The second-order valence-electron chi connectivity index (χ2n) is 4.81. The van der Waals surface area contributed by atoms with Crippen molar-refractivity contribution < 1.29 is 4.79 Å². The number of hydrogen-bond acceptors (Lipinski definition) is 3. The summed E-state index contributed by atoms with van der Waals surface area (Å²) in [6.07, 6.45) is 2.68. The average Bonchev–Trinajstić information content (AvgIpc) is 3.10. The highest BCUT2D eigenvalue weighted by molar-refractivity contribution is 6.00. The number of anilines is 2. The van der Waals surface area contributed by atoms with Crippen LogP contribution in [0.4, 0.5) is 11.4 Å². The molecule has 1 aromatic carbocycles. The Morgan fingerprint density at radius 2 is 2.18 bits per heavy atom. The Balaban J connectivity index is 2.23. The number of benzene rings is 1. The molecule has 0 bridgehead atoms. The van der Waals surface area contributed by atoms with Gasteiger partial charge in [-0.15, -0.1) is 0 Å². The lowest BCUT2D eigenvalue weighted by Gasteiger charge is -2.23. The first-order chi connectivity index (χ1) is 8.11. The van der Waals surface area contributed by atoms with Gasteiger partial charge in [-0.2, -0.15) is 0 Å². The van der Waals surface area contributed by atoms with Crippen molar-refractivity contribution in [1.29, 1.82) is 0 Å². The van der Waals surface area contributed by atoms with Crippen molar-refractivity contribution in [1.82, 2.24) is 0 Å². The van der Waals surface area contributed by atoms with Crippen LogP contribution in [0.5, 0.6) is 0 Å². The van der Waals surface area contributed by atoms with Gasteiger partial charge in [0.25, 0.3) is 0 Å². The lowest BCUT2D eigenvalue weighted by molar-refractivity contribution is 0.101. The van der Waals surface area contributed by atoms with Crippen LogP contribution in [0, 0.1) is 5.92 Å².